The van der Waals surface area contributed by atoms with Crippen molar-refractivity contribution in [1.82, 2.24) is 29.7 Å². The maximum absolute atomic E-state index is 5.83. The van der Waals surface area contributed by atoms with Crippen molar-refractivity contribution < 1.29 is 0 Å². The summed E-state index contributed by atoms with van der Waals surface area (Å²) in [6, 6.07) is 0. The molecule has 2 heterocycles. The van der Waals surface area contributed by atoms with E-state index in [0.29, 0.717) is 11.9 Å². The summed E-state index contributed by atoms with van der Waals surface area (Å²) in [5.41, 5.74) is -0.162. The van der Waals surface area contributed by atoms with Crippen LogP contribution in [0.3, 0.4) is 0 Å². The van der Waals surface area contributed by atoms with E-state index < -0.39 is 0 Å². The molecule has 0 radical (unpaired) electrons. The summed E-state index contributed by atoms with van der Waals surface area (Å²) in [6.45, 7) is 6.00. The van der Waals surface area contributed by atoms with E-state index in [2.05, 4.69) is 30.4 Å². The van der Waals surface area contributed by atoms with Gasteiger partial charge in [0.25, 0.3) is 5.95 Å². The number of nitrogens with one attached hydrogen (secondary N) is 1. The quantitative estimate of drug-likeness (QED) is 0.869. The normalized spacial score (nSPS) is 11.5. The van der Waals surface area contributed by atoms with Crippen LogP contribution in [0.2, 0.25) is 5.28 Å². The largest absolute Gasteiger partial charge is 0.349 e. The molecule has 0 aliphatic rings. The molecule has 1 N–H and O–H groups in total. The van der Waals surface area contributed by atoms with Crippen LogP contribution in [-0.2, 0) is 0 Å². The van der Waals surface area contributed by atoms with Crippen LogP contribution in [-0.4, -0.2) is 35.3 Å². The van der Waals surface area contributed by atoms with Gasteiger partial charge in [-0.2, -0.15) is 24.7 Å². The molecule has 0 fully saturated rings. The highest BCUT2D eigenvalue weighted by Crippen LogP contribution is 2.13. The fourth-order valence-electron chi connectivity index (χ4n) is 1.14. The minimum atomic E-state index is -0.162. The highest BCUT2D eigenvalue weighted by atomic mass is 35.5. The fourth-order valence-corrected chi connectivity index (χ4v) is 1.30. The van der Waals surface area contributed by atoms with Gasteiger partial charge in [-0.25, -0.2) is 4.98 Å². The van der Waals surface area contributed by atoms with E-state index in [4.69, 9.17) is 11.6 Å². The molecule has 2 rings (SSSR count). The summed E-state index contributed by atoms with van der Waals surface area (Å²) < 4.78 is 1.42. The second-order valence-corrected chi connectivity index (χ2v) is 4.78. The lowest BCUT2D eigenvalue weighted by molar-refractivity contribution is 0.623. The molecule has 0 amide bonds. The van der Waals surface area contributed by atoms with Gasteiger partial charge in [-0.3, -0.25) is 0 Å². The molecule has 2 aromatic heterocycles. The van der Waals surface area contributed by atoms with Crippen molar-refractivity contribution in [1.29, 1.82) is 0 Å². The highest BCUT2D eigenvalue weighted by molar-refractivity contribution is 6.28. The van der Waals surface area contributed by atoms with Crippen molar-refractivity contribution >= 4 is 17.5 Å². The summed E-state index contributed by atoms with van der Waals surface area (Å²) in [5, 5.41) is 7.16. The predicted molar refractivity (Wildman–Crippen MR) is 63.1 cm³/mol. The van der Waals surface area contributed by atoms with E-state index in [1.165, 1.54) is 17.3 Å². The van der Waals surface area contributed by atoms with Crippen molar-refractivity contribution in [2.75, 3.05) is 5.32 Å². The first-order valence-electron chi connectivity index (χ1n) is 4.99. The Labute approximate surface area is 103 Å². The molecule has 90 valence electrons. The molecule has 0 bridgehead atoms. The van der Waals surface area contributed by atoms with Gasteiger partial charge in [0.2, 0.25) is 11.2 Å². The summed E-state index contributed by atoms with van der Waals surface area (Å²) in [7, 11) is 0. The van der Waals surface area contributed by atoms with Gasteiger partial charge >= 0.3 is 0 Å². The number of halogens is 1. The van der Waals surface area contributed by atoms with Gasteiger partial charge in [0.15, 0.2) is 0 Å². The first-order chi connectivity index (χ1) is 7.94. The third kappa shape index (κ3) is 3.10. The second-order valence-electron chi connectivity index (χ2n) is 4.44. The molecule has 0 aliphatic heterocycles. The van der Waals surface area contributed by atoms with Gasteiger partial charge < -0.3 is 5.32 Å². The molecule has 17 heavy (non-hydrogen) atoms. The van der Waals surface area contributed by atoms with Gasteiger partial charge in [0.05, 0.1) is 0 Å². The molecule has 0 saturated heterocycles. The molecule has 0 unspecified atom stereocenters. The molecule has 2 aromatic rings. The zero-order valence-corrected chi connectivity index (χ0v) is 10.5. The minimum absolute atomic E-state index is 0.109. The van der Waals surface area contributed by atoms with Crippen LogP contribution in [0.25, 0.3) is 5.95 Å². The maximum atomic E-state index is 5.83. The third-order valence-electron chi connectivity index (χ3n) is 1.71. The van der Waals surface area contributed by atoms with E-state index in [1.54, 1.807) is 0 Å². The second kappa shape index (κ2) is 4.25. The number of anilines is 1. The third-order valence-corrected chi connectivity index (χ3v) is 1.88. The van der Waals surface area contributed by atoms with E-state index in [9.17, 15) is 0 Å². The summed E-state index contributed by atoms with van der Waals surface area (Å²) >= 11 is 5.83. The molecule has 0 aliphatic carbocycles. The topological polar surface area (TPSA) is 81.4 Å². The van der Waals surface area contributed by atoms with E-state index in [1.807, 2.05) is 20.8 Å². The molecule has 0 saturated carbocycles. The number of hydrogen-bond acceptors (Lipinski definition) is 6. The zero-order valence-electron chi connectivity index (χ0n) is 9.72. The van der Waals surface area contributed by atoms with Crippen molar-refractivity contribution in [3.8, 4) is 5.95 Å². The Balaban J connectivity index is 2.36. The van der Waals surface area contributed by atoms with Crippen LogP contribution in [0, 0.1) is 0 Å². The van der Waals surface area contributed by atoms with E-state index in [0.717, 1.165) is 0 Å². The van der Waals surface area contributed by atoms with Gasteiger partial charge in [-0.05, 0) is 32.4 Å². The molecule has 8 heteroatoms. The molecular formula is C9H12ClN7. The molecule has 0 aromatic carbocycles. The lowest BCUT2D eigenvalue weighted by Gasteiger charge is -2.20. The van der Waals surface area contributed by atoms with Crippen LogP contribution in [0.1, 0.15) is 20.8 Å². The average Bonchev–Trinajstić information content (AvgIpc) is 2.65. The maximum Gasteiger partial charge on any atom is 0.258 e. The lowest BCUT2D eigenvalue weighted by Crippen LogP contribution is -2.27. The van der Waals surface area contributed by atoms with Gasteiger partial charge in [-0.1, -0.05) is 0 Å². The molecule has 0 spiro atoms. The van der Waals surface area contributed by atoms with Gasteiger partial charge in [-0.15, -0.1) is 0 Å². The lowest BCUT2D eigenvalue weighted by atomic mass is 10.1. The van der Waals surface area contributed by atoms with E-state index in [-0.39, 0.29) is 10.8 Å². The van der Waals surface area contributed by atoms with Crippen molar-refractivity contribution in [2.24, 2.45) is 0 Å². The predicted octanol–water partition coefficient (Wildman–Crippen LogP) is 1.32. The van der Waals surface area contributed by atoms with Crippen LogP contribution in [0.4, 0.5) is 5.95 Å². The fraction of sp³-hybridized carbons (Fsp3) is 0.444. The van der Waals surface area contributed by atoms with Crippen LogP contribution >= 0.6 is 11.6 Å². The van der Waals surface area contributed by atoms with Crippen molar-refractivity contribution in [3.05, 3.63) is 17.9 Å². The van der Waals surface area contributed by atoms with Crippen molar-refractivity contribution in [2.45, 2.75) is 26.3 Å². The Hall–Kier alpha value is -1.76. The Morgan fingerprint density at radius 1 is 1.24 bits per heavy atom. The van der Waals surface area contributed by atoms with Gasteiger partial charge in [0, 0.05) is 5.54 Å². The Morgan fingerprint density at radius 2 is 2.00 bits per heavy atom. The number of hydrogen-bond donors (Lipinski definition) is 1. The monoisotopic (exact) mass is 253 g/mol. The Morgan fingerprint density at radius 3 is 2.59 bits per heavy atom. The molecular weight excluding hydrogens is 242 g/mol. The standard InChI is InChI=1S/C9H12ClN7/c1-9(2,3)16-7-13-6(10)14-8(15-7)17-5-11-4-12-17/h4-5H,1-3H3,(H,13,14,15,16). The van der Waals surface area contributed by atoms with Crippen LogP contribution < -0.4 is 5.32 Å². The Bertz CT molecular complexity index is 503. The molecule has 7 nitrogen and oxygen atoms in total. The molecule has 0 atom stereocenters. The number of rotatable bonds is 2. The van der Waals surface area contributed by atoms with E-state index >= 15 is 0 Å². The summed E-state index contributed by atoms with van der Waals surface area (Å²) in [6.07, 6.45) is 2.89. The van der Waals surface area contributed by atoms with Gasteiger partial charge in [0.1, 0.15) is 12.7 Å². The first kappa shape index (κ1) is 11.7. The summed E-state index contributed by atoms with van der Waals surface area (Å²) in [5.74, 6) is 0.734. The van der Waals surface area contributed by atoms with Crippen LogP contribution in [0.15, 0.2) is 12.7 Å². The number of nitrogens with zero attached hydrogens (tertiary/aromatic N) is 6. The zero-order chi connectivity index (χ0) is 12.5. The smallest absolute Gasteiger partial charge is 0.258 e. The SMILES string of the molecule is CC(C)(C)Nc1nc(Cl)nc(-n2cncn2)n1. The first-order valence-corrected chi connectivity index (χ1v) is 5.36. The van der Waals surface area contributed by atoms with Crippen LogP contribution in [0.5, 0.6) is 0 Å². The average molecular weight is 254 g/mol. The Kier molecular flexibility index (Phi) is 2.93. The highest BCUT2D eigenvalue weighted by Gasteiger charge is 2.14. The number of aromatic nitrogens is 6. The minimum Gasteiger partial charge on any atom is -0.349 e. The summed E-state index contributed by atoms with van der Waals surface area (Å²) in [4.78, 5) is 16.0. The van der Waals surface area contributed by atoms with Crippen molar-refractivity contribution in [3.63, 3.8) is 0 Å².